The molecular formula is C65H109BrO15SSi3. The molecule has 6 bridgehead atoms. The lowest BCUT2D eigenvalue weighted by atomic mass is 9.81. The quantitative estimate of drug-likeness (QED) is 0.0309. The maximum Gasteiger partial charge on any atom is 0.297 e. The third kappa shape index (κ3) is 16.4. The van der Waals surface area contributed by atoms with Crippen LogP contribution in [0.1, 0.15) is 158 Å². The molecular weight excluding hydrogens is 1220 g/mol. The molecule has 8 fully saturated rings. The van der Waals surface area contributed by atoms with Crippen LogP contribution in [-0.4, -0.2) is 157 Å². The summed E-state index contributed by atoms with van der Waals surface area (Å²) < 4.78 is 110. The zero-order chi connectivity index (χ0) is 62.2. The summed E-state index contributed by atoms with van der Waals surface area (Å²) >= 11 is 3.46. The highest BCUT2D eigenvalue weighted by molar-refractivity contribution is 9.11. The molecule has 20 heteroatoms. The van der Waals surface area contributed by atoms with Crippen molar-refractivity contribution in [2.45, 2.75) is 316 Å². The highest BCUT2D eigenvalue weighted by Gasteiger charge is 2.69. The van der Waals surface area contributed by atoms with Gasteiger partial charge in [-0.15, -0.1) is 0 Å². The van der Waals surface area contributed by atoms with Crippen LogP contribution in [0.5, 0.6) is 0 Å². The number of ketones is 1. The minimum atomic E-state index is -4.08. The molecule has 0 saturated carbocycles. The molecule has 0 spiro atoms. The molecule has 0 radical (unpaired) electrons. The standard InChI is InChI=1S/C65H109BrO15SSi3/c1-19-85(20-2,21-3)71-32-22-23-46-33-42(5)44(7)53(73-46)38-54-51(57(70-14)55(75-54)37-49(81-84(17,18)64(11,12)13)40-72-83(15,16)63(8,9)10)36-45(67)35-47-26-29-52-58(74-47)62-61-60(76-52)59-56(77-61)39-65(78-59,79-62)31-30-48(34-43(6)66)80-82(68,69)50-27-24-41(4)25-28-50/h24-25,27-28,42,46-49,51-62H,6-7,19-23,26,29-40H2,1-5,8-18H3/t42-,46+,47-,48-,49+,51+,52+,53-,54+,55-,56-,57-,58+,59+,60+,61-,62-,65+/m1/s1. The Morgan fingerprint density at radius 2 is 1.45 bits per heavy atom. The van der Waals surface area contributed by atoms with Crippen molar-refractivity contribution in [1.29, 1.82) is 0 Å². The first-order chi connectivity index (χ1) is 39.7. The van der Waals surface area contributed by atoms with Gasteiger partial charge in [-0.25, -0.2) is 0 Å². The molecule has 0 N–H and O–H groups in total. The van der Waals surface area contributed by atoms with Crippen LogP contribution in [0, 0.1) is 18.8 Å². The largest absolute Gasteiger partial charge is 0.417 e. The van der Waals surface area contributed by atoms with Crippen molar-refractivity contribution in [3.05, 3.63) is 53.0 Å². The van der Waals surface area contributed by atoms with Crippen LogP contribution in [0.2, 0.25) is 54.4 Å². The summed E-state index contributed by atoms with van der Waals surface area (Å²) in [6, 6.07) is 10.0. The molecule has 0 unspecified atom stereocenters. The van der Waals surface area contributed by atoms with Gasteiger partial charge in [0.05, 0.1) is 72.5 Å². The zero-order valence-corrected chi connectivity index (χ0v) is 60.1. The Hall–Kier alpha value is -1.03. The Bertz CT molecular complexity index is 2530. The van der Waals surface area contributed by atoms with E-state index in [1.165, 1.54) is 0 Å². The van der Waals surface area contributed by atoms with Gasteiger partial charge in [0.1, 0.15) is 36.3 Å². The van der Waals surface area contributed by atoms with E-state index in [0.29, 0.717) is 56.0 Å². The second kappa shape index (κ2) is 28.1. The fraction of sp³-hybridized carbons (Fsp3) is 0.831. The Morgan fingerprint density at radius 3 is 2.08 bits per heavy atom. The minimum absolute atomic E-state index is 0.0179. The summed E-state index contributed by atoms with van der Waals surface area (Å²) in [4.78, 5) is 15.1. The number of rotatable bonds is 30. The van der Waals surface area contributed by atoms with Crippen molar-refractivity contribution in [1.82, 2.24) is 0 Å². The Labute approximate surface area is 523 Å². The Kier molecular flexibility index (Phi) is 23.1. The van der Waals surface area contributed by atoms with Crippen LogP contribution in [0.25, 0.3) is 0 Å². The van der Waals surface area contributed by atoms with E-state index >= 15 is 0 Å². The molecule has 0 amide bonds. The van der Waals surface area contributed by atoms with Crippen LogP contribution in [-0.2, 0) is 70.3 Å². The van der Waals surface area contributed by atoms with E-state index in [-0.39, 0.29) is 107 Å². The highest BCUT2D eigenvalue weighted by atomic mass is 79.9. The molecule has 18 atom stereocenters. The van der Waals surface area contributed by atoms with E-state index in [2.05, 4.69) is 125 Å². The zero-order valence-electron chi connectivity index (χ0n) is 54.7. The number of hydrogen-bond donors (Lipinski definition) is 0. The maximum absolute atomic E-state index is 15.0. The van der Waals surface area contributed by atoms with Gasteiger partial charge >= 0.3 is 0 Å². The average molecular weight is 1330 g/mol. The van der Waals surface area contributed by atoms with E-state index in [9.17, 15) is 13.2 Å². The third-order valence-corrected chi connectivity index (χ3v) is 36.8. The van der Waals surface area contributed by atoms with Crippen LogP contribution in [0.3, 0.4) is 0 Å². The number of halogens is 1. The molecule has 85 heavy (non-hydrogen) atoms. The first-order valence-corrected chi connectivity index (χ1v) is 42.9. The molecule has 8 aliphatic rings. The fourth-order valence-electron chi connectivity index (χ4n) is 13.9. The van der Waals surface area contributed by atoms with Crippen LogP contribution in [0.15, 0.2) is 52.4 Å². The van der Waals surface area contributed by atoms with Crippen molar-refractivity contribution in [2.24, 2.45) is 11.8 Å². The number of Topliss-reactive ketones (excluding diaryl/α,β-unsaturated/α-hetero) is 1. The van der Waals surface area contributed by atoms with Crippen LogP contribution in [0.4, 0.5) is 0 Å². The van der Waals surface area contributed by atoms with E-state index in [4.69, 9.17) is 55.4 Å². The second-order valence-corrected chi connectivity index (χ2v) is 46.4. The van der Waals surface area contributed by atoms with Crippen molar-refractivity contribution in [3.8, 4) is 0 Å². The van der Waals surface area contributed by atoms with Gasteiger partial charge in [0, 0.05) is 64.6 Å². The van der Waals surface area contributed by atoms with Gasteiger partial charge < -0.3 is 51.2 Å². The molecule has 15 nitrogen and oxygen atoms in total. The Balaban J connectivity index is 0.986. The van der Waals surface area contributed by atoms with Gasteiger partial charge in [-0.05, 0) is 128 Å². The SMILES string of the molecule is C=C(Br)C[C@@H](CC[C@@]12C[C@H]3O[C@@H]4[C@@H](O[C@H]5CC[C@H](CC(=O)C[C@@H]6[C@@H](OC)[C@@H](C[C@@H](CO[Si](C)(C)C(C)(C)C)O[Si](C)(C)C(C)(C)C)O[C@H]6C[C@H]6O[C@@H](CCCO[Si](CC)(CC)CC)C[C@@H](C)C6=C)O[C@@H]5[C@H]4O1)[C@H]3O2)OS(=O)(=O)c1ccc(C)cc1. The number of ether oxygens (including phenoxy) is 8. The number of carbonyl (C=O) groups excluding carboxylic acids is 1. The Morgan fingerprint density at radius 1 is 0.800 bits per heavy atom. The lowest BCUT2D eigenvalue weighted by molar-refractivity contribution is -0.292. The fourth-order valence-corrected chi connectivity index (χ4v) is 20.4. The molecule has 9 rings (SSSR count). The summed E-state index contributed by atoms with van der Waals surface area (Å²) in [5.74, 6) is -1.02. The third-order valence-electron chi connectivity index (χ3n) is 21.4. The lowest BCUT2D eigenvalue weighted by Crippen LogP contribution is -2.61. The van der Waals surface area contributed by atoms with Crippen molar-refractivity contribution < 1.29 is 68.6 Å². The first-order valence-electron chi connectivity index (χ1n) is 32.4. The number of carbonyl (C=O) groups is 1. The van der Waals surface area contributed by atoms with E-state index in [1.54, 1.807) is 31.4 Å². The molecule has 0 aromatic heterocycles. The maximum atomic E-state index is 15.0. The molecule has 484 valence electrons. The normalized spacial score (nSPS) is 34.1. The van der Waals surface area contributed by atoms with Crippen molar-refractivity contribution in [3.63, 3.8) is 0 Å². The van der Waals surface area contributed by atoms with Gasteiger partial charge in [-0.1, -0.05) is 116 Å². The molecule has 8 saturated heterocycles. The first kappa shape index (κ1) is 69.9. The molecule has 8 aliphatic heterocycles. The summed E-state index contributed by atoms with van der Waals surface area (Å²) in [6.07, 6.45) is 1.70. The van der Waals surface area contributed by atoms with E-state index in [0.717, 1.165) is 55.1 Å². The van der Waals surface area contributed by atoms with Gasteiger partial charge in [0.15, 0.2) is 30.7 Å². The smallest absolute Gasteiger partial charge is 0.297 e. The summed E-state index contributed by atoms with van der Waals surface area (Å²) in [7, 11) is -8.48. The van der Waals surface area contributed by atoms with Gasteiger partial charge in [0.25, 0.3) is 10.1 Å². The minimum Gasteiger partial charge on any atom is -0.417 e. The number of fused-ring (bicyclic) bond motifs is 1. The lowest BCUT2D eigenvalue weighted by Gasteiger charge is -2.47. The van der Waals surface area contributed by atoms with E-state index in [1.807, 2.05) is 6.92 Å². The molecule has 1 aromatic carbocycles. The number of hydrogen-bond acceptors (Lipinski definition) is 15. The summed E-state index contributed by atoms with van der Waals surface area (Å²) in [5, 5.41) is -0.0131. The monoisotopic (exact) mass is 1320 g/mol. The van der Waals surface area contributed by atoms with Gasteiger partial charge in [-0.2, -0.15) is 8.42 Å². The van der Waals surface area contributed by atoms with Crippen molar-refractivity contribution >= 4 is 56.8 Å². The summed E-state index contributed by atoms with van der Waals surface area (Å²) in [5.41, 5.74) is 2.02. The molecule has 0 aliphatic carbocycles. The average Bonchev–Trinajstić information content (AvgIpc) is 1.58. The predicted octanol–water partition coefficient (Wildman–Crippen LogP) is 14.2. The van der Waals surface area contributed by atoms with Gasteiger partial charge in [-0.3, -0.25) is 8.98 Å². The van der Waals surface area contributed by atoms with Crippen molar-refractivity contribution in [2.75, 3.05) is 20.3 Å². The number of aryl methyl sites for hydroxylation is 1. The topological polar surface area (TPSA) is 162 Å². The number of benzene rings is 1. The molecule has 8 heterocycles. The van der Waals surface area contributed by atoms with Crippen LogP contribution < -0.4 is 0 Å². The predicted molar refractivity (Wildman–Crippen MR) is 343 cm³/mol. The summed E-state index contributed by atoms with van der Waals surface area (Å²) in [6.45, 7) is 43.7. The van der Waals surface area contributed by atoms with E-state index < -0.39 is 77.5 Å². The van der Waals surface area contributed by atoms with Gasteiger partial charge in [0.2, 0.25) is 0 Å². The van der Waals surface area contributed by atoms with Crippen LogP contribution >= 0.6 is 15.9 Å². The second-order valence-electron chi connectivity index (χ2n) is 29.4. The highest BCUT2D eigenvalue weighted by Crippen LogP contribution is 2.55. The number of methoxy groups -OCH3 is 1. The molecule has 1 aromatic rings.